The number of nitrogens with one attached hydrogen (secondary N) is 2. The molecule has 31 heavy (non-hydrogen) atoms. The quantitative estimate of drug-likeness (QED) is 0.702. The number of rotatable bonds is 5. The Morgan fingerprint density at radius 1 is 1.13 bits per heavy atom. The summed E-state index contributed by atoms with van der Waals surface area (Å²) in [5.41, 5.74) is -0.130. The largest absolute Gasteiger partial charge is 0.452 e. The highest BCUT2D eigenvalue weighted by Gasteiger charge is 2.36. The molecule has 0 spiro atoms. The number of para-hydroxylation sites is 1. The Bertz CT molecular complexity index is 822. The van der Waals surface area contributed by atoms with Crippen molar-refractivity contribution >= 4 is 23.6 Å². The Morgan fingerprint density at radius 3 is 2.39 bits per heavy atom. The number of likely N-dealkylation sites (tertiary alicyclic amines) is 1. The van der Waals surface area contributed by atoms with Crippen LogP contribution in [0.2, 0.25) is 0 Å². The van der Waals surface area contributed by atoms with Gasteiger partial charge in [0.25, 0.3) is 5.91 Å². The second kappa shape index (κ2) is 10.3. The van der Waals surface area contributed by atoms with Crippen molar-refractivity contribution in [3.63, 3.8) is 0 Å². The van der Waals surface area contributed by atoms with Crippen molar-refractivity contribution in [1.82, 2.24) is 10.2 Å². The Morgan fingerprint density at radius 2 is 1.77 bits per heavy atom. The van der Waals surface area contributed by atoms with Crippen LogP contribution in [0.5, 0.6) is 0 Å². The number of anilines is 1. The number of carbonyl (C=O) groups is 3. The van der Waals surface area contributed by atoms with Gasteiger partial charge in [-0.1, -0.05) is 37.5 Å². The second-order valence-corrected chi connectivity index (χ2v) is 8.38. The van der Waals surface area contributed by atoms with Crippen LogP contribution in [0.25, 0.3) is 0 Å². The molecule has 1 aliphatic heterocycles. The van der Waals surface area contributed by atoms with Crippen molar-refractivity contribution in [3.8, 4) is 6.07 Å². The van der Waals surface area contributed by atoms with Crippen LogP contribution < -0.4 is 10.6 Å². The monoisotopic (exact) mass is 426 g/mol. The lowest BCUT2D eigenvalue weighted by atomic mass is 9.82. The third-order valence-corrected chi connectivity index (χ3v) is 6.09. The number of ether oxygens (including phenoxy) is 1. The van der Waals surface area contributed by atoms with Crippen LogP contribution in [-0.2, 0) is 14.3 Å². The van der Waals surface area contributed by atoms with Crippen LogP contribution in [0, 0.1) is 17.2 Å². The molecule has 2 fully saturated rings. The molecule has 1 atom stereocenters. The van der Waals surface area contributed by atoms with Gasteiger partial charge in [-0.2, -0.15) is 5.26 Å². The zero-order valence-corrected chi connectivity index (χ0v) is 17.9. The van der Waals surface area contributed by atoms with E-state index in [9.17, 15) is 19.6 Å². The zero-order valence-electron chi connectivity index (χ0n) is 17.9. The van der Waals surface area contributed by atoms with E-state index in [0.29, 0.717) is 38.8 Å². The number of nitriles is 1. The number of benzene rings is 1. The smallest absolute Gasteiger partial charge is 0.321 e. The molecule has 0 radical (unpaired) electrons. The molecule has 8 nitrogen and oxygen atoms in total. The summed E-state index contributed by atoms with van der Waals surface area (Å²) in [4.78, 5) is 39.1. The second-order valence-electron chi connectivity index (χ2n) is 8.38. The minimum Gasteiger partial charge on any atom is -0.452 e. The molecule has 1 saturated carbocycles. The van der Waals surface area contributed by atoms with Gasteiger partial charge in [0.2, 0.25) is 0 Å². The van der Waals surface area contributed by atoms with E-state index in [2.05, 4.69) is 16.7 Å². The fourth-order valence-electron chi connectivity index (χ4n) is 4.12. The van der Waals surface area contributed by atoms with E-state index >= 15 is 0 Å². The Labute approximate surface area is 182 Å². The van der Waals surface area contributed by atoms with E-state index in [4.69, 9.17) is 4.74 Å². The van der Waals surface area contributed by atoms with Crippen molar-refractivity contribution in [2.45, 2.75) is 63.5 Å². The highest BCUT2D eigenvalue weighted by molar-refractivity contribution is 5.89. The van der Waals surface area contributed by atoms with Crippen molar-refractivity contribution < 1.29 is 19.1 Å². The summed E-state index contributed by atoms with van der Waals surface area (Å²) in [7, 11) is 0. The van der Waals surface area contributed by atoms with Gasteiger partial charge in [-0.25, -0.2) is 4.79 Å². The average molecular weight is 427 g/mol. The molecule has 3 amide bonds. The molecular formula is C23H30N4O4. The van der Waals surface area contributed by atoms with Crippen LogP contribution in [0.3, 0.4) is 0 Å². The molecule has 8 heteroatoms. The highest BCUT2D eigenvalue weighted by atomic mass is 16.5. The molecule has 0 unspecified atom stereocenters. The standard InChI is InChI=1S/C23H30N4O4/c1-17(20(28)26-23(16-24)12-6-3-7-13-23)31-21(29)18-10-14-27(15-11-18)22(30)25-19-8-4-2-5-9-19/h2,4-5,8-9,17-18H,3,6-7,10-15H2,1H3,(H,25,30)(H,26,28)/t17-/m0/s1. The minimum atomic E-state index is -0.959. The highest BCUT2D eigenvalue weighted by Crippen LogP contribution is 2.28. The van der Waals surface area contributed by atoms with Crippen molar-refractivity contribution in [3.05, 3.63) is 30.3 Å². The molecule has 1 aromatic carbocycles. The molecule has 1 saturated heterocycles. The van der Waals surface area contributed by atoms with Crippen LogP contribution in [-0.4, -0.2) is 47.5 Å². The fourth-order valence-corrected chi connectivity index (χ4v) is 4.12. The molecule has 1 aliphatic carbocycles. The molecule has 0 bridgehead atoms. The first-order valence-corrected chi connectivity index (χ1v) is 11.0. The summed E-state index contributed by atoms with van der Waals surface area (Å²) in [5.74, 6) is -1.22. The number of urea groups is 1. The van der Waals surface area contributed by atoms with E-state index in [1.165, 1.54) is 6.92 Å². The zero-order chi connectivity index (χ0) is 22.3. The molecule has 1 heterocycles. The van der Waals surface area contributed by atoms with Gasteiger partial charge in [-0.3, -0.25) is 9.59 Å². The number of esters is 1. The lowest BCUT2D eigenvalue weighted by molar-refractivity contribution is -0.160. The fraction of sp³-hybridized carbons (Fsp3) is 0.565. The summed E-state index contributed by atoms with van der Waals surface area (Å²) in [6.07, 6.45) is 4.12. The SMILES string of the molecule is C[C@H](OC(=O)C1CCN(C(=O)Nc2ccccc2)CC1)C(=O)NC1(C#N)CCCCC1. The first-order valence-electron chi connectivity index (χ1n) is 11.0. The van der Waals surface area contributed by atoms with Crippen LogP contribution >= 0.6 is 0 Å². The Kier molecular flexibility index (Phi) is 7.50. The first kappa shape index (κ1) is 22.6. The van der Waals surface area contributed by atoms with Gasteiger partial charge in [-0.15, -0.1) is 0 Å². The first-order chi connectivity index (χ1) is 14.9. The minimum absolute atomic E-state index is 0.194. The molecule has 0 aromatic heterocycles. The summed E-state index contributed by atoms with van der Waals surface area (Å²) >= 11 is 0. The van der Waals surface area contributed by atoms with Gasteiger partial charge in [0.15, 0.2) is 6.10 Å². The lowest BCUT2D eigenvalue weighted by Crippen LogP contribution is -2.52. The predicted octanol–water partition coefficient (Wildman–Crippen LogP) is 3.20. The van der Waals surface area contributed by atoms with Crippen molar-refractivity contribution in [2.75, 3.05) is 18.4 Å². The van der Waals surface area contributed by atoms with E-state index < -0.39 is 23.5 Å². The lowest BCUT2D eigenvalue weighted by Gasteiger charge is -2.33. The van der Waals surface area contributed by atoms with E-state index in [1.807, 2.05) is 30.3 Å². The van der Waals surface area contributed by atoms with Gasteiger partial charge < -0.3 is 20.3 Å². The normalized spacial score (nSPS) is 19.5. The summed E-state index contributed by atoms with van der Waals surface area (Å²) in [6.45, 7) is 2.41. The molecule has 3 rings (SSSR count). The van der Waals surface area contributed by atoms with Crippen molar-refractivity contribution in [1.29, 1.82) is 5.26 Å². The summed E-state index contributed by atoms with van der Waals surface area (Å²) in [5, 5.41) is 15.1. The number of hydrogen-bond acceptors (Lipinski definition) is 5. The Hall–Kier alpha value is -3.08. The van der Waals surface area contributed by atoms with Gasteiger partial charge >= 0.3 is 12.0 Å². The van der Waals surface area contributed by atoms with Crippen LogP contribution in [0.1, 0.15) is 51.9 Å². The third-order valence-electron chi connectivity index (χ3n) is 6.09. The van der Waals surface area contributed by atoms with Gasteiger partial charge in [0, 0.05) is 18.8 Å². The number of amides is 3. The van der Waals surface area contributed by atoms with Crippen LogP contribution in [0.4, 0.5) is 10.5 Å². The van der Waals surface area contributed by atoms with E-state index in [1.54, 1.807) is 4.90 Å². The maximum Gasteiger partial charge on any atom is 0.321 e. The van der Waals surface area contributed by atoms with Crippen molar-refractivity contribution in [2.24, 2.45) is 5.92 Å². The number of piperidine rings is 1. The Balaban J connectivity index is 1.44. The number of hydrogen-bond donors (Lipinski definition) is 2. The van der Waals surface area contributed by atoms with E-state index in [0.717, 1.165) is 24.9 Å². The third kappa shape index (κ3) is 5.97. The molecule has 1 aromatic rings. The molecule has 2 aliphatic rings. The van der Waals surface area contributed by atoms with Gasteiger partial charge in [0.05, 0.1) is 12.0 Å². The van der Waals surface area contributed by atoms with Gasteiger partial charge in [0.1, 0.15) is 5.54 Å². The predicted molar refractivity (Wildman–Crippen MR) is 115 cm³/mol. The number of nitrogens with zero attached hydrogens (tertiary/aromatic N) is 2. The van der Waals surface area contributed by atoms with Gasteiger partial charge in [-0.05, 0) is 44.7 Å². The average Bonchev–Trinajstić information content (AvgIpc) is 2.80. The maximum atomic E-state index is 12.5. The number of carbonyl (C=O) groups excluding carboxylic acids is 3. The maximum absolute atomic E-state index is 12.5. The van der Waals surface area contributed by atoms with E-state index in [-0.39, 0.29) is 11.9 Å². The molecular weight excluding hydrogens is 396 g/mol. The van der Waals surface area contributed by atoms with Crippen LogP contribution in [0.15, 0.2) is 30.3 Å². The summed E-state index contributed by atoms with van der Waals surface area (Å²) < 4.78 is 5.39. The summed E-state index contributed by atoms with van der Waals surface area (Å²) in [6, 6.07) is 11.3. The topological polar surface area (TPSA) is 112 Å². The molecule has 166 valence electrons. The molecule has 2 N–H and O–H groups in total.